The van der Waals surface area contributed by atoms with Crippen molar-refractivity contribution in [2.24, 2.45) is 0 Å². The van der Waals surface area contributed by atoms with Gasteiger partial charge < -0.3 is 9.72 Å². The Bertz CT molecular complexity index is 987. The normalized spacial score (nSPS) is 13.3. The van der Waals surface area contributed by atoms with Crippen molar-refractivity contribution in [3.8, 4) is 0 Å². The number of carbonyl (C=O) groups is 1. The number of nitrogens with one attached hydrogen (secondary N) is 1. The van der Waals surface area contributed by atoms with Crippen molar-refractivity contribution in [2.75, 3.05) is 6.61 Å². The molecule has 6 nitrogen and oxygen atoms in total. The van der Waals surface area contributed by atoms with E-state index in [4.69, 9.17) is 16.3 Å². The van der Waals surface area contributed by atoms with Gasteiger partial charge in [0.25, 0.3) is 0 Å². The van der Waals surface area contributed by atoms with E-state index in [1.165, 1.54) is 0 Å². The number of ether oxygens (including phenoxy) is 1. The first-order valence-corrected chi connectivity index (χ1v) is 9.41. The molecule has 0 aliphatic heterocycles. The zero-order chi connectivity index (χ0) is 19.6. The van der Waals surface area contributed by atoms with Crippen LogP contribution in [0.15, 0.2) is 53.1 Å². The summed E-state index contributed by atoms with van der Waals surface area (Å²) >= 11 is 9.40. The summed E-state index contributed by atoms with van der Waals surface area (Å²) < 4.78 is 5.83. The zero-order valence-electron chi connectivity index (χ0n) is 14.3. The number of halogens is 2. The van der Waals surface area contributed by atoms with Crippen molar-refractivity contribution in [1.29, 1.82) is 0 Å². The lowest BCUT2D eigenvalue weighted by Crippen LogP contribution is -2.37. The molecule has 27 heavy (non-hydrogen) atoms. The van der Waals surface area contributed by atoms with Gasteiger partial charge >= 0.3 is 12.0 Å². The average molecular weight is 452 g/mol. The van der Waals surface area contributed by atoms with E-state index in [0.29, 0.717) is 16.1 Å². The van der Waals surface area contributed by atoms with Gasteiger partial charge in [0.2, 0.25) is 0 Å². The highest BCUT2D eigenvalue weighted by molar-refractivity contribution is 9.10. The second-order valence-corrected chi connectivity index (χ2v) is 7.30. The zero-order valence-corrected chi connectivity index (χ0v) is 16.7. The average Bonchev–Trinajstić information content (AvgIpc) is 3.03. The minimum Gasteiger partial charge on any atom is -0.461 e. The minimum absolute atomic E-state index is 0.0654. The highest BCUT2D eigenvalue weighted by Gasteiger charge is 2.43. The maximum atomic E-state index is 12.5. The molecule has 1 heterocycles. The SMILES string of the molecule is CCOC(=O)[C@H]([C@H](c1ccc(Cl)cc1)c1c[nH]c2ccc(Br)cc12)[N+](=O)[O-]. The second-order valence-electron chi connectivity index (χ2n) is 5.95. The van der Waals surface area contributed by atoms with E-state index in [0.717, 1.165) is 15.4 Å². The molecule has 2 atom stereocenters. The molecule has 8 heteroatoms. The van der Waals surface area contributed by atoms with Gasteiger partial charge in [-0.25, -0.2) is 4.79 Å². The van der Waals surface area contributed by atoms with E-state index in [-0.39, 0.29) is 6.61 Å². The number of aromatic amines is 1. The molecule has 1 N–H and O–H groups in total. The number of hydrogen-bond acceptors (Lipinski definition) is 4. The van der Waals surface area contributed by atoms with E-state index in [9.17, 15) is 14.9 Å². The number of benzene rings is 2. The molecule has 0 unspecified atom stereocenters. The first-order chi connectivity index (χ1) is 12.9. The molecule has 3 rings (SSSR count). The lowest BCUT2D eigenvalue weighted by Gasteiger charge is -2.20. The van der Waals surface area contributed by atoms with Gasteiger partial charge in [-0.1, -0.05) is 39.7 Å². The summed E-state index contributed by atoms with van der Waals surface area (Å²) in [6, 6.07) is 10.7. The molecular formula is C19H16BrClN2O4. The number of esters is 1. The quantitative estimate of drug-likeness (QED) is 0.327. The number of fused-ring (bicyclic) bond motifs is 1. The molecule has 0 saturated carbocycles. The summed E-state index contributed by atoms with van der Waals surface area (Å²) in [5.74, 6) is -1.70. The smallest absolute Gasteiger partial charge is 0.382 e. The van der Waals surface area contributed by atoms with Crippen LogP contribution in [0.25, 0.3) is 10.9 Å². The van der Waals surface area contributed by atoms with Crippen LogP contribution in [0.5, 0.6) is 0 Å². The maximum absolute atomic E-state index is 12.5. The highest BCUT2D eigenvalue weighted by atomic mass is 79.9. The van der Waals surface area contributed by atoms with Gasteiger partial charge in [0.1, 0.15) is 0 Å². The summed E-state index contributed by atoms with van der Waals surface area (Å²) in [7, 11) is 0. The van der Waals surface area contributed by atoms with Gasteiger partial charge in [-0.3, -0.25) is 10.1 Å². The fraction of sp³-hybridized carbons (Fsp3) is 0.211. The van der Waals surface area contributed by atoms with Crippen molar-refractivity contribution in [1.82, 2.24) is 4.98 Å². The first-order valence-electron chi connectivity index (χ1n) is 8.24. The molecule has 1 aromatic heterocycles. The maximum Gasteiger partial charge on any atom is 0.382 e. The largest absolute Gasteiger partial charge is 0.461 e. The van der Waals surface area contributed by atoms with Gasteiger partial charge in [0.05, 0.1) is 12.5 Å². The Hall–Kier alpha value is -2.38. The van der Waals surface area contributed by atoms with Gasteiger partial charge in [0.15, 0.2) is 0 Å². The summed E-state index contributed by atoms with van der Waals surface area (Å²) in [5, 5.41) is 13.2. The molecule has 0 amide bonds. The van der Waals surface area contributed by atoms with Crippen LogP contribution < -0.4 is 0 Å². The lowest BCUT2D eigenvalue weighted by atomic mass is 9.85. The van der Waals surface area contributed by atoms with E-state index in [2.05, 4.69) is 20.9 Å². The number of carbonyl (C=O) groups excluding carboxylic acids is 1. The Morgan fingerprint density at radius 2 is 2.00 bits per heavy atom. The Morgan fingerprint density at radius 1 is 1.30 bits per heavy atom. The number of rotatable bonds is 6. The van der Waals surface area contributed by atoms with Crippen molar-refractivity contribution < 1.29 is 14.5 Å². The minimum atomic E-state index is -1.58. The summed E-state index contributed by atoms with van der Waals surface area (Å²) in [4.78, 5) is 26.8. The predicted octanol–water partition coefficient (Wildman–Crippen LogP) is 4.92. The van der Waals surface area contributed by atoms with Gasteiger partial charge in [-0.2, -0.15) is 0 Å². The molecule has 0 radical (unpaired) electrons. The van der Waals surface area contributed by atoms with Gasteiger partial charge in [0, 0.05) is 31.5 Å². The number of hydrogen-bond donors (Lipinski definition) is 1. The second kappa shape index (κ2) is 8.10. The van der Waals surface area contributed by atoms with Crippen LogP contribution in [0.1, 0.15) is 24.0 Å². The molecular weight excluding hydrogens is 436 g/mol. The van der Waals surface area contributed by atoms with Crippen LogP contribution in [0.2, 0.25) is 5.02 Å². The van der Waals surface area contributed by atoms with Crippen LogP contribution in [0, 0.1) is 10.1 Å². The van der Waals surface area contributed by atoms with Crippen LogP contribution in [-0.4, -0.2) is 28.5 Å². The van der Waals surface area contributed by atoms with Crippen molar-refractivity contribution in [2.45, 2.75) is 18.9 Å². The number of H-pyrrole nitrogens is 1. The van der Waals surface area contributed by atoms with Crippen LogP contribution in [0.4, 0.5) is 0 Å². The fourth-order valence-corrected chi connectivity index (χ4v) is 3.63. The topological polar surface area (TPSA) is 85.2 Å². The van der Waals surface area contributed by atoms with E-state index >= 15 is 0 Å². The third-order valence-electron chi connectivity index (χ3n) is 4.31. The standard InChI is InChI=1S/C19H16BrClN2O4/c1-2-27-19(24)18(23(25)26)17(11-3-6-13(21)7-4-11)15-10-22-16-8-5-12(20)9-14(15)16/h3-10,17-18,22H,2H2,1H3/t17-,18+/m1/s1. The Morgan fingerprint density at radius 3 is 2.63 bits per heavy atom. The summed E-state index contributed by atoms with van der Waals surface area (Å²) in [5.41, 5.74) is 2.07. The highest BCUT2D eigenvalue weighted by Crippen LogP contribution is 2.36. The summed E-state index contributed by atoms with van der Waals surface area (Å²) in [6.07, 6.45) is 1.70. The molecule has 3 aromatic rings. The molecule has 140 valence electrons. The van der Waals surface area contributed by atoms with Crippen LogP contribution in [0.3, 0.4) is 0 Å². The monoisotopic (exact) mass is 450 g/mol. The Labute approximate surface area is 168 Å². The lowest BCUT2D eigenvalue weighted by molar-refractivity contribution is -0.513. The van der Waals surface area contributed by atoms with Crippen LogP contribution in [-0.2, 0) is 9.53 Å². The Balaban J connectivity index is 2.22. The van der Waals surface area contributed by atoms with E-state index < -0.39 is 22.9 Å². The Kier molecular flexibility index (Phi) is 5.82. The molecule has 0 saturated heterocycles. The third kappa shape index (κ3) is 3.99. The first kappa shape index (κ1) is 19.4. The molecule has 0 aliphatic carbocycles. The number of nitro groups is 1. The summed E-state index contributed by atoms with van der Waals surface area (Å²) in [6.45, 7) is 1.69. The van der Waals surface area contributed by atoms with E-state index in [1.807, 2.05) is 18.2 Å². The van der Waals surface area contributed by atoms with Crippen LogP contribution >= 0.6 is 27.5 Å². The molecule has 0 aliphatic rings. The fourth-order valence-electron chi connectivity index (χ4n) is 3.15. The van der Waals surface area contributed by atoms with Crippen molar-refractivity contribution in [3.05, 3.63) is 79.4 Å². The van der Waals surface area contributed by atoms with Crippen molar-refractivity contribution >= 4 is 44.4 Å². The molecule has 0 fully saturated rings. The molecule has 0 bridgehead atoms. The van der Waals surface area contributed by atoms with Gasteiger partial charge in [-0.15, -0.1) is 0 Å². The predicted molar refractivity (Wildman–Crippen MR) is 107 cm³/mol. The molecule has 2 aromatic carbocycles. The molecule has 0 spiro atoms. The van der Waals surface area contributed by atoms with E-state index in [1.54, 1.807) is 37.4 Å². The third-order valence-corrected chi connectivity index (χ3v) is 5.06. The number of aromatic nitrogens is 1. The van der Waals surface area contributed by atoms with Crippen molar-refractivity contribution in [3.63, 3.8) is 0 Å². The number of nitrogens with zero attached hydrogens (tertiary/aromatic N) is 1. The van der Waals surface area contributed by atoms with Gasteiger partial charge in [-0.05, 0) is 48.4 Å².